The summed E-state index contributed by atoms with van der Waals surface area (Å²) < 4.78 is 0. The van der Waals surface area contributed by atoms with E-state index in [2.05, 4.69) is 45.9 Å². The monoisotopic (exact) mass is 405 g/mol. The van der Waals surface area contributed by atoms with Crippen molar-refractivity contribution in [3.05, 3.63) is 65.7 Å². The van der Waals surface area contributed by atoms with Gasteiger partial charge in [-0.25, -0.2) is 0 Å². The van der Waals surface area contributed by atoms with Crippen molar-refractivity contribution >= 4 is 17.9 Å². The molecule has 0 spiro atoms. The lowest BCUT2D eigenvalue weighted by atomic mass is 9.93. The van der Waals surface area contributed by atoms with Gasteiger partial charge in [0.25, 0.3) is 0 Å². The number of hydrogen-bond acceptors (Lipinski definition) is 4. The van der Waals surface area contributed by atoms with Gasteiger partial charge in [-0.15, -0.1) is 0 Å². The van der Waals surface area contributed by atoms with Gasteiger partial charge in [-0.1, -0.05) is 30.3 Å². The van der Waals surface area contributed by atoms with Crippen LogP contribution in [0.1, 0.15) is 35.7 Å². The Bertz CT molecular complexity index is 844. The molecule has 2 saturated heterocycles. The third kappa shape index (κ3) is 4.73. The van der Waals surface area contributed by atoms with Gasteiger partial charge in [-0.05, 0) is 49.6 Å². The number of carbonyl (C=O) groups excluding carboxylic acids is 2. The Balaban J connectivity index is 1.28. The Morgan fingerprint density at radius 2 is 1.67 bits per heavy atom. The van der Waals surface area contributed by atoms with Crippen LogP contribution in [0.25, 0.3) is 0 Å². The zero-order valence-corrected chi connectivity index (χ0v) is 17.7. The predicted octanol–water partition coefficient (Wildman–Crippen LogP) is 3.45. The Hall–Kier alpha value is -2.66. The molecule has 0 aromatic heterocycles. The van der Waals surface area contributed by atoms with Gasteiger partial charge in [0.15, 0.2) is 0 Å². The second-order valence-electron chi connectivity index (χ2n) is 8.57. The topological polar surface area (TPSA) is 43.9 Å². The van der Waals surface area contributed by atoms with Crippen molar-refractivity contribution in [1.29, 1.82) is 0 Å². The molecule has 0 saturated carbocycles. The SMILES string of the molecule is C[C@H]1CN(Cc2ccccc2)CCN1C(=O)C1CCN(c2ccc(C=O)cc2)CC1. The first-order valence-corrected chi connectivity index (χ1v) is 11.0. The highest BCUT2D eigenvalue weighted by Gasteiger charge is 2.33. The number of anilines is 1. The summed E-state index contributed by atoms with van der Waals surface area (Å²) in [5, 5.41) is 0. The standard InChI is InChI=1S/C25H31N3O2/c1-20-17-26(18-21-5-3-2-4-6-21)15-16-28(20)25(30)23-11-13-27(14-12-23)24-9-7-22(19-29)8-10-24/h2-10,19-20,23H,11-18H2,1H3/t20-/m0/s1. The summed E-state index contributed by atoms with van der Waals surface area (Å²) in [7, 11) is 0. The number of piperazine rings is 1. The van der Waals surface area contributed by atoms with Crippen molar-refractivity contribution in [1.82, 2.24) is 9.80 Å². The number of aldehydes is 1. The molecule has 5 heteroatoms. The molecule has 0 unspecified atom stereocenters. The summed E-state index contributed by atoms with van der Waals surface area (Å²) in [6.07, 6.45) is 2.66. The maximum atomic E-state index is 13.2. The molecule has 0 aliphatic carbocycles. The molecule has 1 amide bonds. The molecule has 0 radical (unpaired) electrons. The van der Waals surface area contributed by atoms with Gasteiger partial charge in [0.2, 0.25) is 5.91 Å². The molecule has 2 fully saturated rings. The van der Waals surface area contributed by atoms with E-state index in [1.54, 1.807) is 0 Å². The van der Waals surface area contributed by atoms with Crippen molar-refractivity contribution in [3.63, 3.8) is 0 Å². The maximum Gasteiger partial charge on any atom is 0.226 e. The number of hydrogen-bond donors (Lipinski definition) is 0. The van der Waals surface area contributed by atoms with E-state index >= 15 is 0 Å². The number of rotatable bonds is 5. The lowest BCUT2D eigenvalue weighted by Crippen LogP contribution is -2.55. The number of piperidine rings is 1. The first kappa shape index (κ1) is 20.6. The Kier molecular flexibility index (Phi) is 6.48. The minimum absolute atomic E-state index is 0.124. The fraction of sp³-hybridized carbons (Fsp3) is 0.440. The van der Waals surface area contributed by atoms with Gasteiger partial charge in [0.05, 0.1) is 0 Å². The molecule has 30 heavy (non-hydrogen) atoms. The lowest BCUT2D eigenvalue weighted by molar-refractivity contribution is -0.140. The van der Waals surface area contributed by atoms with Crippen LogP contribution in [-0.2, 0) is 11.3 Å². The van der Waals surface area contributed by atoms with Crippen molar-refractivity contribution < 1.29 is 9.59 Å². The van der Waals surface area contributed by atoms with E-state index in [-0.39, 0.29) is 12.0 Å². The van der Waals surface area contributed by atoms with E-state index in [9.17, 15) is 9.59 Å². The second kappa shape index (κ2) is 9.43. The normalized spacial score (nSPS) is 20.9. The van der Waals surface area contributed by atoms with Crippen LogP contribution in [-0.4, -0.2) is 60.8 Å². The van der Waals surface area contributed by atoms with E-state index in [1.165, 1.54) is 5.56 Å². The van der Waals surface area contributed by atoms with E-state index in [1.807, 2.05) is 30.3 Å². The third-order valence-electron chi connectivity index (χ3n) is 6.48. The Morgan fingerprint density at radius 3 is 2.30 bits per heavy atom. The molecule has 0 bridgehead atoms. The Morgan fingerprint density at radius 1 is 0.967 bits per heavy atom. The van der Waals surface area contributed by atoms with Crippen LogP contribution >= 0.6 is 0 Å². The maximum absolute atomic E-state index is 13.2. The van der Waals surface area contributed by atoms with Crippen molar-refractivity contribution in [2.75, 3.05) is 37.6 Å². The summed E-state index contributed by atoms with van der Waals surface area (Å²) >= 11 is 0. The number of benzene rings is 2. The van der Waals surface area contributed by atoms with E-state index in [4.69, 9.17) is 0 Å². The molecule has 1 atom stereocenters. The molecule has 2 aromatic rings. The van der Waals surface area contributed by atoms with Gasteiger partial charge < -0.3 is 9.80 Å². The van der Waals surface area contributed by atoms with Crippen LogP contribution in [0.2, 0.25) is 0 Å². The van der Waals surface area contributed by atoms with Gasteiger partial charge in [-0.2, -0.15) is 0 Å². The minimum atomic E-state index is 0.124. The van der Waals surface area contributed by atoms with Crippen LogP contribution < -0.4 is 4.90 Å². The van der Waals surface area contributed by atoms with Crippen LogP contribution in [0.15, 0.2) is 54.6 Å². The first-order valence-electron chi connectivity index (χ1n) is 11.0. The predicted molar refractivity (Wildman–Crippen MR) is 120 cm³/mol. The van der Waals surface area contributed by atoms with Crippen molar-refractivity contribution in [2.24, 2.45) is 5.92 Å². The largest absolute Gasteiger partial charge is 0.371 e. The van der Waals surface area contributed by atoms with E-state index < -0.39 is 0 Å². The Labute approximate surface area is 179 Å². The highest BCUT2D eigenvalue weighted by Crippen LogP contribution is 2.26. The third-order valence-corrected chi connectivity index (χ3v) is 6.48. The number of carbonyl (C=O) groups is 2. The van der Waals surface area contributed by atoms with Crippen LogP contribution in [0.5, 0.6) is 0 Å². The van der Waals surface area contributed by atoms with Gasteiger partial charge in [0.1, 0.15) is 6.29 Å². The molecular weight excluding hydrogens is 374 g/mol. The molecule has 2 aliphatic rings. The summed E-state index contributed by atoms with van der Waals surface area (Å²) in [5.41, 5.74) is 3.16. The zero-order chi connectivity index (χ0) is 20.9. The van der Waals surface area contributed by atoms with E-state index in [0.717, 1.165) is 64.1 Å². The van der Waals surface area contributed by atoms with Crippen LogP contribution in [0.3, 0.4) is 0 Å². The number of amides is 1. The quantitative estimate of drug-likeness (QED) is 0.715. The zero-order valence-electron chi connectivity index (χ0n) is 17.7. The molecular formula is C25H31N3O2. The summed E-state index contributed by atoms with van der Waals surface area (Å²) in [6, 6.07) is 18.5. The highest BCUT2D eigenvalue weighted by molar-refractivity contribution is 5.80. The summed E-state index contributed by atoms with van der Waals surface area (Å²) in [4.78, 5) is 30.9. The molecule has 2 heterocycles. The number of nitrogens with zero attached hydrogens (tertiary/aromatic N) is 3. The minimum Gasteiger partial charge on any atom is -0.371 e. The average Bonchev–Trinajstić information content (AvgIpc) is 2.80. The van der Waals surface area contributed by atoms with Crippen molar-refractivity contribution in [2.45, 2.75) is 32.4 Å². The van der Waals surface area contributed by atoms with Crippen molar-refractivity contribution in [3.8, 4) is 0 Å². The second-order valence-corrected chi connectivity index (χ2v) is 8.57. The van der Waals surface area contributed by atoms with Gasteiger partial charge >= 0.3 is 0 Å². The highest BCUT2D eigenvalue weighted by atomic mass is 16.2. The molecule has 4 rings (SSSR count). The summed E-state index contributed by atoms with van der Waals surface area (Å²) in [6.45, 7) is 7.60. The molecule has 2 aromatic carbocycles. The molecule has 158 valence electrons. The molecule has 5 nitrogen and oxygen atoms in total. The van der Waals surface area contributed by atoms with E-state index in [0.29, 0.717) is 11.5 Å². The molecule has 2 aliphatic heterocycles. The van der Waals surface area contributed by atoms with Crippen LogP contribution in [0, 0.1) is 5.92 Å². The lowest BCUT2D eigenvalue weighted by Gasteiger charge is -2.42. The fourth-order valence-corrected chi connectivity index (χ4v) is 4.73. The molecule has 0 N–H and O–H groups in total. The average molecular weight is 406 g/mol. The summed E-state index contributed by atoms with van der Waals surface area (Å²) in [5.74, 6) is 0.455. The first-order chi connectivity index (χ1) is 14.6. The van der Waals surface area contributed by atoms with Gasteiger partial charge in [-0.3, -0.25) is 14.5 Å². The van der Waals surface area contributed by atoms with Gasteiger partial charge in [0, 0.05) is 62.5 Å². The fourth-order valence-electron chi connectivity index (χ4n) is 4.73. The van der Waals surface area contributed by atoms with Crippen LogP contribution in [0.4, 0.5) is 5.69 Å². The smallest absolute Gasteiger partial charge is 0.226 e.